The molecule has 0 aliphatic heterocycles. The summed E-state index contributed by atoms with van der Waals surface area (Å²) >= 11 is 0. The molecule has 0 aliphatic carbocycles. The quantitative estimate of drug-likeness (QED) is 0.797. The monoisotopic (exact) mass is 225 g/mol. The molecule has 4 heteroatoms. The molecule has 0 aliphatic rings. The average molecular weight is 225 g/mol. The summed E-state index contributed by atoms with van der Waals surface area (Å²) in [5, 5.41) is 8.77. The van der Waals surface area contributed by atoms with Gasteiger partial charge in [-0.15, -0.1) is 0 Å². The number of hydrogen-bond donors (Lipinski definition) is 1. The van der Waals surface area contributed by atoms with Gasteiger partial charge < -0.3 is 10.5 Å². The van der Waals surface area contributed by atoms with E-state index in [9.17, 15) is 0 Å². The summed E-state index contributed by atoms with van der Waals surface area (Å²) < 4.78 is 5.59. The number of aromatic nitrogens is 1. The third kappa shape index (κ3) is 2.34. The largest absolute Gasteiger partial charge is 0.439 e. The number of nitrogens with two attached hydrogens (primary N) is 1. The zero-order chi connectivity index (χ0) is 12.3. The van der Waals surface area contributed by atoms with Crippen LogP contribution < -0.4 is 10.5 Å². The van der Waals surface area contributed by atoms with E-state index in [1.807, 2.05) is 25.1 Å². The summed E-state index contributed by atoms with van der Waals surface area (Å²) in [7, 11) is 0. The Hall–Kier alpha value is -2.54. The number of nitrogens with zero attached hydrogens (tertiary/aromatic N) is 2. The molecular weight excluding hydrogens is 214 g/mol. The van der Waals surface area contributed by atoms with Crippen LogP contribution >= 0.6 is 0 Å². The van der Waals surface area contributed by atoms with Gasteiger partial charge in [-0.05, 0) is 25.1 Å². The number of nitriles is 1. The van der Waals surface area contributed by atoms with Crippen LogP contribution in [0.15, 0.2) is 36.5 Å². The van der Waals surface area contributed by atoms with Gasteiger partial charge in [0.05, 0.1) is 11.6 Å². The molecule has 17 heavy (non-hydrogen) atoms. The Bertz CT molecular complexity index is 587. The van der Waals surface area contributed by atoms with Crippen molar-refractivity contribution in [2.75, 3.05) is 5.73 Å². The smallest absolute Gasteiger partial charge is 0.220 e. The van der Waals surface area contributed by atoms with E-state index in [4.69, 9.17) is 15.7 Å². The van der Waals surface area contributed by atoms with E-state index in [0.29, 0.717) is 22.9 Å². The summed E-state index contributed by atoms with van der Waals surface area (Å²) in [4.78, 5) is 4.04. The van der Waals surface area contributed by atoms with Gasteiger partial charge in [0.1, 0.15) is 5.75 Å². The normalized spacial score (nSPS) is 9.65. The van der Waals surface area contributed by atoms with Crippen LogP contribution in [-0.2, 0) is 0 Å². The van der Waals surface area contributed by atoms with Crippen molar-refractivity contribution in [2.24, 2.45) is 0 Å². The van der Waals surface area contributed by atoms with Crippen molar-refractivity contribution in [3.8, 4) is 17.7 Å². The summed E-state index contributed by atoms with van der Waals surface area (Å²) in [6.07, 6.45) is 1.54. The maximum Gasteiger partial charge on any atom is 0.220 e. The first-order valence-corrected chi connectivity index (χ1v) is 5.10. The Morgan fingerprint density at radius 1 is 1.35 bits per heavy atom. The Morgan fingerprint density at radius 3 is 2.94 bits per heavy atom. The highest BCUT2D eigenvalue weighted by Gasteiger charge is 2.05. The van der Waals surface area contributed by atoms with E-state index in [0.717, 1.165) is 5.56 Å². The molecule has 2 N–H and O–H groups in total. The second-order valence-corrected chi connectivity index (χ2v) is 3.57. The highest BCUT2D eigenvalue weighted by molar-refractivity contribution is 5.54. The van der Waals surface area contributed by atoms with E-state index in [1.54, 1.807) is 18.2 Å². The molecule has 0 bridgehead atoms. The van der Waals surface area contributed by atoms with Crippen molar-refractivity contribution in [1.82, 2.24) is 4.98 Å². The summed E-state index contributed by atoms with van der Waals surface area (Å²) in [5.41, 5.74) is 7.81. The topological polar surface area (TPSA) is 71.9 Å². The van der Waals surface area contributed by atoms with Gasteiger partial charge >= 0.3 is 0 Å². The fourth-order valence-corrected chi connectivity index (χ4v) is 1.39. The second kappa shape index (κ2) is 4.54. The molecule has 0 saturated carbocycles. The lowest BCUT2D eigenvalue weighted by Crippen LogP contribution is -1.94. The van der Waals surface area contributed by atoms with Crippen molar-refractivity contribution in [2.45, 2.75) is 6.92 Å². The van der Waals surface area contributed by atoms with Crippen LogP contribution in [0.5, 0.6) is 11.6 Å². The minimum absolute atomic E-state index is 0.387. The Morgan fingerprint density at radius 2 is 2.18 bits per heavy atom. The molecule has 1 aromatic heterocycles. The van der Waals surface area contributed by atoms with Crippen LogP contribution in [0.2, 0.25) is 0 Å². The van der Waals surface area contributed by atoms with Crippen molar-refractivity contribution in [3.05, 3.63) is 47.7 Å². The van der Waals surface area contributed by atoms with Crippen LogP contribution in [0.4, 0.5) is 5.69 Å². The van der Waals surface area contributed by atoms with Crippen molar-refractivity contribution < 1.29 is 4.74 Å². The lowest BCUT2D eigenvalue weighted by molar-refractivity contribution is 0.459. The second-order valence-electron chi connectivity index (χ2n) is 3.57. The van der Waals surface area contributed by atoms with E-state index in [1.165, 1.54) is 6.20 Å². The van der Waals surface area contributed by atoms with Gasteiger partial charge in [-0.25, -0.2) is 4.98 Å². The number of nitrogen functional groups attached to an aromatic ring is 1. The number of ether oxygens (including phenoxy) is 1. The maximum absolute atomic E-state index is 8.77. The molecule has 0 fully saturated rings. The number of benzene rings is 1. The Kier molecular flexibility index (Phi) is 2.93. The number of pyridine rings is 1. The maximum atomic E-state index is 8.77. The third-order valence-corrected chi connectivity index (χ3v) is 2.40. The lowest BCUT2D eigenvalue weighted by Gasteiger charge is -2.09. The van der Waals surface area contributed by atoms with Crippen LogP contribution in [0.25, 0.3) is 0 Å². The van der Waals surface area contributed by atoms with Gasteiger partial charge in [-0.3, -0.25) is 0 Å². The molecule has 0 radical (unpaired) electrons. The molecule has 0 amide bonds. The van der Waals surface area contributed by atoms with E-state index in [2.05, 4.69) is 4.98 Å². The first-order valence-electron chi connectivity index (χ1n) is 5.10. The SMILES string of the molecule is Cc1c(N)cccc1Oc1cc(C#N)ccn1. The minimum Gasteiger partial charge on any atom is -0.439 e. The van der Waals surface area contributed by atoms with Crippen LogP contribution in [0.1, 0.15) is 11.1 Å². The molecule has 1 aromatic carbocycles. The Balaban J connectivity index is 2.32. The van der Waals surface area contributed by atoms with Crippen molar-refractivity contribution in [1.29, 1.82) is 5.26 Å². The molecule has 0 unspecified atom stereocenters. The zero-order valence-corrected chi connectivity index (χ0v) is 9.34. The summed E-state index contributed by atoms with van der Waals surface area (Å²) in [5.74, 6) is 1.03. The summed E-state index contributed by atoms with van der Waals surface area (Å²) in [6, 6.07) is 10.7. The molecule has 4 nitrogen and oxygen atoms in total. The van der Waals surface area contributed by atoms with Gasteiger partial charge in [-0.2, -0.15) is 5.26 Å². The number of hydrogen-bond acceptors (Lipinski definition) is 4. The molecule has 1 heterocycles. The first kappa shape index (κ1) is 11.0. The predicted octanol–water partition coefficient (Wildman–Crippen LogP) is 2.64. The molecule has 0 spiro atoms. The van der Waals surface area contributed by atoms with Gasteiger partial charge in [-0.1, -0.05) is 6.07 Å². The van der Waals surface area contributed by atoms with Crippen LogP contribution in [0, 0.1) is 18.3 Å². The standard InChI is InChI=1S/C13H11N3O/c1-9-11(15)3-2-4-12(9)17-13-7-10(8-14)5-6-16-13/h2-7H,15H2,1H3. The molecule has 2 aromatic rings. The predicted molar refractivity (Wildman–Crippen MR) is 64.6 cm³/mol. The first-order chi connectivity index (χ1) is 8.20. The van der Waals surface area contributed by atoms with Gasteiger partial charge in [0.15, 0.2) is 0 Å². The van der Waals surface area contributed by atoms with E-state index < -0.39 is 0 Å². The fraction of sp³-hybridized carbons (Fsp3) is 0.0769. The molecule has 0 atom stereocenters. The van der Waals surface area contributed by atoms with Crippen LogP contribution in [-0.4, -0.2) is 4.98 Å². The zero-order valence-electron chi connectivity index (χ0n) is 9.34. The molecule has 2 rings (SSSR count). The van der Waals surface area contributed by atoms with E-state index >= 15 is 0 Å². The molecule has 0 saturated heterocycles. The molecule has 84 valence electrons. The van der Waals surface area contributed by atoms with Crippen molar-refractivity contribution in [3.63, 3.8) is 0 Å². The fourth-order valence-electron chi connectivity index (χ4n) is 1.39. The average Bonchev–Trinajstić information content (AvgIpc) is 2.35. The molecular formula is C13H11N3O. The van der Waals surface area contributed by atoms with Gasteiger partial charge in [0.25, 0.3) is 0 Å². The summed E-state index contributed by atoms with van der Waals surface area (Å²) in [6.45, 7) is 1.87. The lowest BCUT2D eigenvalue weighted by atomic mass is 10.2. The number of rotatable bonds is 2. The minimum atomic E-state index is 0.387. The van der Waals surface area contributed by atoms with Crippen molar-refractivity contribution >= 4 is 5.69 Å². The Labute approximate surface area is 99.3 Å². The van der Waals surface area contributed by atoms with Gasteiger partial charge in [0.2, 0.25) is 5.88 Å². The third-order valence-electron chi connectivity index (χ3n) is 2.40. The number of anilines is 1. The van der Waals surface area contributed by atoms with Crippen LogP contribution in [0.3, 0.4) is 0 Å². The highest BCUT2D eigenvalue weighted by Crippen LogP contribution is 2.27. The highest BCUT2D eigenvalue weighted by atomic mass is 16.5. The van der Waals surface area contributed by atoms with Gasteiger partial charge in [0, 0.05) is 23.5 Å². The van der Waals surface area contributed by atoms with E-state index in [-0.39, 0.29) is 0 Å².